The SMILES string of the molecule is CCCC[C@@H](N)C(=O)O.Cl. The van der Waals surface area contributed by atoms with Crippen LogP contribution in [0, 0.1) is 0 Å². The minimum Gasteiger partial charge on any atom is -0.480 e. The van der Waals surface area contributed by atoms with Gasteiger partial charge in [-0.15, -0.1) is 12.4 Å². The van der Waals surface area contributed by atoms with Crippen molar-refractivity contribution in [2.24, 2.45) is 5.73 Å². The van der Waals surface area contributed by atoms with Gasteiger partial charge in [0.2, 0.25) is 0 Å². The van der Waals surface area contributed by atoms with Crippen LogP contribution >= 0.6 is 12.4 Å². The van der Waals surface area contributed by atoms with Gasteiger partial charge in [0.05, 0.1) is 0 Å². The number of hydrogen-bond acceptors (Lipinski definition) is 2. The second kappa shape index (κ2) is 6.83. The van der Waals surface area contributed by atoms with Crippen molar-refractivity contribution >= 4 is 18.4 Å². The van der Waals surface area contributed by atoms with E-state index in [0.29, 0.717) is 6.42 Å². The van der Waals surface area contributed by atoms with E-state index in [1.807, 2.05) is 6.92 Å². The van der Waals surface area contributed by atoms with Crippen LogP contribution in [0.15, 0.2) is 0 Å². The first-order valence-electron chi connectivity index (χ1n) is 3.17. The van der Waals surface area contributed by atoms with Crippen LogP contribution < -0.4 is 5.73 Å². The number of unbranched alkanes of at least 4 members (excludes halogenated alkanes) is 1. The molecule has 3 N–H and O–H groups in total. The molecule has 0 heterocycles. The summed E-state index contributed by atoms with van der Waals surface area (Å²) in [5.74, 6) is -0.900. The zero-order valence-corrected chi connectivity index (χ0v) is 6.86. The number of carboxylic acid groups (broad SMARTS) is 1. The first-order valence-corrected chi connectivity index (χ1v) is 3.17. The van der Waals surface area contributed by atoms with E-state index in [9.17, 15) is 4.79 Å². The Labute approximate surface area is 67.0 Å². The van der Waals surface area contributed by atoms with Crippen LogP contribution in [-0.4, -0.2) is 17.1 Å². The monoisotopic (exact) mass is 167 g/mol. The molecule has 0 aromatic carbocycles. The van der Waals surface area contributed by atoms with Gasteiger partial charge in [0.25, 0.3) is 0 Å². The van der Waals surface area contributed by atoms with Crippen molar-refractivity contribution in [1.29, 1.82) is 0 Å². The van der Waals surface area contributed by atoms with E-state index in [2.05, 4.69) is 0 Å². The van der Waals surface area contributed by atoms with Crippen LogP contribution in [0.3, 0.4) is 0 Å². The van der Waals surface area contributed by atoms with Crippen LogP contribution in [0.4, 0.5) is 0 Å². The summed E-state index contributed by atoms with van der Waals surface area (Å²) in [6, 6.07) is -0.662. The summed E-state index contributed by atoms with van der Waals surface area (Å²) in [5, 5.41) is 8.28. The minimum absolute atomic E-state index is 0. The highest BCUT2D eigenvalue weighted by Crippen LogP contribution is 1.96. The van der Waals surface area contributed by atoms with Crippen molar-refractivity contribution in [3.05, 3.63) is 0 Å². The maximum absolute atomic E-state index is 10.1. The topological polar surface area (TPSA) is 63.3 Å². The van der Waals surface area contributed by atoms with Crippen LogP contribution in [0.1, 0.15) is 26.2 Å². The van der Waals surface area contributed by atoms with Crippen molar-refractivity contribution < 1.29 is 9.90 Å². The molecule has 0 fully saturated rings. The molecular formula is C6H14ClNO2. The summed E-state index contributed by atoms with van der Waals surface area (Å²) >= 11 is 0. The number of halogens is 1. The molecule has 0 spiro atoms. The van der Waals surface area contributed by atoms with E-state index in [1.165, 1.54) is 0 Å². The molecule has 0 aromatic rings. The quantitative estimate of drug-likeness (QED) is 0.657. The summed E-state index contributed by atoms with van der Waals surface area (Å²) in [6.45, 7) is 2.01. The van der Waals surface area contributed by atoms with Crippen LogP contribution in [-0.2, 0) is 4.79 Å². The normalized spacial score (nSPS) is 11.8. The summed E-state index contributed by atoms with van der Waals surface area (Å²) in [7, 11) is 0. The van der Waals surface area contributed by atoms with Gasteiger partial charge in [-0.25, -0.2) is 0 Å². The van der Waals surface area contributed by atoms with Crippen molar-refractivity contribution in [2.75, 3.05) is 0 Å². The molecule has 0 aliphatic heterocycles. The molecule has 0 unspecified atom stereocenters. The molecule has 0 aliphatic rings. The fraction of sp³-hybridized carbons (Fsp3) is 0.833. The lowest BCUT2D eigenvalue weighted by atomic mass is 10.1. The van der Waals surface area contributed by atoms with E-state index < -0.39 is 12.0 Å². The van der Waals surface area contributed by atoms with Gasteiger partial charge in [-0.1, -0.05) is 19.8 Å². The predicted molar refractivity (Wildman–Crippen MR) is 42.4 cm³/mol. The minimum atomic E-state index is -0.900. The summed E-state index contributed by atoms with van der Waals surface area (Å²) < 4.78 is 0. The summed E-state index contributed by atoms with van der Waals surface area (Å²) in [5.41, 5.74) is 5.20. The molecule has 0 aromatic heterocycles. The maximum atomic E-state index is 10.1. The van der Waals surface area contributed by atoms with Crippen LogP contribution in [0.2, 0.25) is 0 Å². The molecule has 3 nitrogen and oxygen atoms in total. The van der Waals surface area contributed by atoms with Gasteiger partial charge < -0.3 is 10.8 Å². The zero-order chi connectivity index (χ0) is 7.28. The average molecular weight is 168 g/mol. The summed E-state index contributed by atoms with van der Waals surface area (Å²) in [4.78, 5) is 10.1. The molecule has 0 saturated heterocycles. The predicted octanol–water partition coefficient (Wildman–Crippen LogP) is 1.01. The van der Waals surface area contributed by atoms with Gasteiger partial charge in [-0.3, -0.25) is 4.79 Å². The van der Waals surface area contributed by atoms with Gasteiger partial charge in [0, 0.05) is 0 Å². The molecule has 62 valence electrons. The van der Waals surface area contributed by atoms with Crippen LogP contribution in [0.25, 0.3) is 0 Å². The van der Waals surface area contributed by atoms with E-state index in [1.54, 1.807) is 0 Å². The molecule has 0 aliphatic carbocycles. The van der Waals surface area contributed by atoms with Gasteiger partial charge in [-0.2, -0.15) is 0 Å². The standard InChI is InChI=1S/C6H13NO2.ClH/c1-2-3-4-5(7)6(8)9;/h5H,2-4,7H2,1H3,(H,8,9);1H/t5-;/m1./s1. The molecule has 0 bridgehead atoms. The number of carboxylic acids is 1. The Hall–Kier alpha value is -0.280. The number of hydrogen-bond donors (Lipinski definition) is 2. The highest BCUT2D eigenvalue weighted by atomic mass is 35.5. The Kier molecular flexibility index (Phi) is 8.48. The van der Waals surface area contributed by atoms with Crippen molar-refractivity contribution in [1.82, 2.24) is 0 Å². The molecule has 10 heavy (non-hydrogen) atoms. The maximum Gasteiger partial charge on any atom is 0.320 e. The van der Waals surface area contributed by atoms with E-state index >= 15 is 0 Å². The first kappa shape index (κ1) is 12.4. The fourth-order valence-electron chi connectivity index (χ4n) is 0.548. The molecule has 0 saturated carbocycles. The Balaban J connectivity index is 0. The van der Waals surface area contributed by atoms with Crippen molar-refractivity contribution in [2.45, 2.75) is 32.2 Å². The first-order chi connectivity index (χ1) is 4.18. The van der Waals surface area contributed by atoms with E-state index in [4.69, 9.17) is 10.8 Å². The second-order valence-electron chi connectivity index (χ2n) is 2.09. The van der Waals surface area contributed by atoms with Gasteiger partial charge >= 0.3 is 5.97 Å². The smallest absolute Gasteiger partial charge is 0.320 e. The molecule has 1 atom stereocenters. The highest BCUT2D eigenvalue weighted by Gasteiger charge is 2.08. The molecule has 4 heteroatoms. The third-order valence-electron chi connectivity index (χ3n) is 1.19. The van der Waals surface area contributed by atoms with Crippen molar-refractivity contribution in [3.8, 4) is 0 Å². The fourth-order valence-corrected chi connectivity index (χ4v) is 0.548. The lowest BCUT2D eigenvalue weighted by molar-refractivity contribution is -0.138. The number of aliphatic carboxylic acids is 1. The molecule has 0 radical (unpaired) electrons. The Morgan fingerprint density at radius 2 is 2.20 bits per heavy atom. The second-order valence-corrected chi connectivity index (χ2v) is 2.09. The third-order valence-corrected chi connectivity index (χ3v) is 1.19. The van der Waals surface area contributed by atoms with Gasteiger partial charge in [0.15, 0.2) is 0 Å². The Morgan fingerprint density at radius 1 is 1.70 bits per heavy atom. The largest absolute Gasteiger partial charge is 0.480 e. The lowest BCUT2D eigenvalue weighted by Gasteiger charge is -2.02. The lowest BCUT2D eigenvalue weighted by Crippen LogP contribution is -2.29. The average Bonchev–Trinajstić information content (AvgIpc) is 1.82. The molecular weight excluding hydrogens is 154 g/mol. The van der Waals surface area contributed by atoms with E-state index in [-0.39, 0.29) is 12.4 Å². The van der Waals surface area contributed by atoms with E-state index in [0.717, 1.165) is 12.8 Å². The van der Waals surface area contributed by atoms with Gasteiger partial charge in [0.1, 0.15) is 6.04 Å². The molecule has 0 amide bonds. The van der Waals surface area contributed by atoms with Gasteiger partial charge in [-0.05, 0) is 6.42 Å². The Morgan fingerprint density at radius 3 is 2.50 bits per heavy atom. The number of rotatable bonds is 4. The Bertz CT molecular complexity index is 97.7. The highest BCUT2D eigenvalue weighted by molar-refractivity contribution is 5.85. The number of carbonyl (C=O) groups is 1. The van der Waals surface area contributed by atoms with Crippen molar-refractivity contribution in [3.63, 3.8) is 0 Å². The zero-order valence-electron chi connectivity index (χ0n) is 6.04. The molecule has 0 rings (SSSR count). The number of nitrogens with two attached hydrogens (primary N) is 1. The summed E-state index contributed by atoms with van der Waals surface area (Å²) in [6.07, 6.45) is 2.49. The van der Waals surface area contributed by atoms with Crippen LogP contribution in [0.5, 0.6) is 0 Å². The third kappa shape index (κ3) is 5.85.